The molecule has 1 fully saturated rings. The fourth-order valence-corrected chi connectivity index (χ4v) is 3.59. The maximum atomic E-state index is 13.1. The Bertz CT molecular complexity index is 933. The molecular weight excluding hydrogens is 352 g/mol. The van der Waals surface area contributed by atoms with Crippen molar-refractivity contribution < 1.29 is 14.4 Å². The van der Waals surface area contributed by atoms with Crippen LogP contribution in [0, 0.1) is 13.8 Å². The van der Waals surface area contributed by atoms with Crippen molar-refractivity contribution >= 4 is 17.7 Å². The molecule has 0 aromatic heterocycles. The van der Waals surface area contributed by atoms with Crippen LogP contribution in [0.1, 0.15) is 52.9 Å². The molecule has 2 aromatic carbocycles. The third-order valence-electron chi connectivity index (χ3n) is 5.34. The Labute approximate surface area is 165 Å². The topological polar surface area (TPSA) is 66.5 Å². The minimum absolute atomic E-state index is 0.243. The molecule has 1 atom stereocenters. The van der Waals surface area contributed by atoms with Crippen molar-refractivity contribution in [2.75, 3.05) is 6.54 Å². The van der Waals surface area contributed by atoms with E-state index in [9.17, 15) is 14.4 Å². The standard InChI is InChI=1S/C23H26N2O3/c1-5-6-17-9-11-18(12-10-17)23(4)21(27)25(22(28)24-23)14-20(26)19-13-15(2)7-8-16(19)3/h7-13H,5-6,14H2,1-4H3,(H,24,28). The molecule has 1 N–H and O–H groups in total. The molecule has 5 heteroatoms. The first-order chi connectivity index (χ1) is 13.3. The van der Waals surface area contributed by atoms with Gasteiger partial charge in [0.15, 0.2) is 5.78 Å². The highest BCUT2D eigenvalue weighted by Crippen LogP contribution is 2.29. The summed E-state index contributed by atoms with van der Waals surface area (Å²) in [5.74, 6) is -0.647. The number of imide groups is 1. The molecule has 28 heavy (non-hydrogen) atoms. The maximum Gasteiger partial charge on any atom is 0.325 e. The number of hydrogen-bond acceptors (Lipinski definition) is 3. The van der Waals surface area contributed by atoms with Crippen LogP contribution in [0.3, 0.4) is 0 Å². The molecule has 3 rings (SSSR count). The fourth-order valence-electron chi connectivity index (χ4n) is 3.59. The molecule has 1 unspecified atom stereocenters. The van der Waals surface area contributed by atoms with E-state index in [0.717, 1.165) is 28.9 Å². The highest BCUT2D eigenvalue weighted by molar-refractivity contribution is 6.11. The van der Waals surface area contributed by atoms with Crippen LogP contribution in [0.2, 0.25) is 0 Å². The molecule has 5 nitrogen and oxygen atoms in total. The number of carbonyl (C=O) groups excluding carboxylic acids is 3. The summed E-state index contributed by atoms with van der Waals surface area (Å²) >= 11 is 0. The minimum Gasteiger partial charge on any atom is -0.319 e. The van der Waals surface area contributed by atoms with Gasteiger partial charge in [-0.2, -0.15) is 0 Å². The smallest absolute Gasteiger partial charge is 0.319 e. The van der Waals surface area contributed by atoms with Gasteiger partial charge in [-0.15, -0.1) is 0 Å². The lowest BCUT2D eigenvalue weighted by molar-refractivity contribution is -0.130. The van der Waals surface area contributed by atoms with Crippen LogP contribution in [0.25, 0.3) is 0 Å². The summed E-state index contributed by atoms with van der Waals surface area (Å²) in [6.45, 7) is 7.29. The van der Waals surface area contributed by atoms with Gasteiger partial charge in [0, 0.05) is 5.56 Å². The van der Waals surface area contributed by atoms with E-state index in [1.807, 2.05) is 50.2 Å². The zero-order valence-corrected chi connectivity index (χ0v) is 16.8. The number of amides is 3. The number of rotatable bonds is 6. The molecule has 0 radical (unpaired) electrons. The first-order valence-electron chi connectivity index (χ1n) is 9.60. The van der Waals surface area contributed by atoms with Gasteiger partial charge in [-0.05, 0) is 49.9 Å². The summed E-state index contributed by atoms with van der Waals surface area (Å²) in [5, 5.41) is 2.77. The van der Waals surface area contributed by atoms with Gasteiger partial charge in [0.25, 0.3) is 5.91 Å². The lowest BCUT2D eigenvalue weighted by Crippen LogP contribution is -2.41. The van der Waals surface area contributed by atoms with Gasteiger partial charge in [0.05, 0.1) is 6.54 Å². The van der Waals surface area contributed by atoms with E-state index in [2.05, 4.69) is 12.2 Å². The third kappa shape index (κ3) is 3.57. The third-order valence-corrected chi connectivity index (χ3v) is 5.34. The van der Waals surface area contributed by atoms with Crippen molar-refractivity contribution in [3.63, 3.8) is 0 Å². The minimum atomic E-state index is -1.16. The molecule has 1 aliphatic rings. The second-order valence-electron chi connectivity index (χ2n) is 7.63. The number of Topliss-reactive ketones (excluding diaryl/α,β-unsaturated/α-hetero) is 1. The Hall–Kier alpha value is -2.95. The SMILES string of the molecule is CCCc1ccc(C2(C)NC(=O)N(CC(=O)c3cc(C)ccc3C)C2=O)cc1. The van der Waals surface area contributed by atoms with Crippen molar-refractivity contribution in [1.82, 2.24) is 10.2 Å². The van der Waals surface area contributed by atoms with Gasteiger partial charge in [-0.25, -0.2) is 4.79 Å². The van der Waals surface area contributed by atoms with Crippen molar-refractivity contribution in [2.45, 2.75) is 46.1 Å². The summed E-state index contributed by atoms with van der Waals surface area (Å²) in [6, 6.07) is 12.8. The number of aryl methyl sites for hydroxylation is 3. The van der Waals surface area contributed by atoms with Crippen molar-refractivity contribution in [3.05, 3.63) is 70.3 Å². The van der Waals surface area contributed by atoms with E-state index in [0.29, 0.717) is 11.1 Å². The molecule has 0 bridgehead atoms. The van der Waals surface area contributed by atoms with Gasteiger partial charge in [-0.3, -0.25) is 14.5 Å². The van der Waals surface area contributed by atoms with E-state index in [-0.39, 0.29) is 12.3 Å². The predicted molar refractivity (Wildman–Crippen MR) is 108 cm³/mol. The lowest BCUT2D eigenvalue weighted by atomic mass is 9.91. The van der Waals surface area contributed by atoms with Crippen molar-refractivity contribution in [3.8, 4) is 0 Å². The zero-order chi connectivity index (χ0) is 20.5. The number of nitrogens with one attached hydrogen (secondary N) is 1. The molecule has 1 heterocycles. The van der Waals surface area contributed by atoms with Crippen LogP contribution in [-0.4, -0.2) is 29.2 Å². The van der Waals surface area contributed by atoms with E-state index >= 15 is 0 Å². The summed E-state index contributed by atoms with van der Waals surface area (Å²) in [6.07, 6.45) is 2.01. The van der Waals surface area contributed by atoms with E-state index in [4.69, 9.17) is 0 Å². The number of benzene rings is 2. The van der Waals surface area contributed by atoms with Crippen molar-refractivity contribution in [2.24, 2.45) is 0 Å². The molecule has 0 saturated carbocycles. The largest absolute Gasteiger partial charge is 0.325 e. The van der Waals surface area contributed by atoms with Crippen LogP contribution in [0.4, 0.5) is 4.79 Å². The van der Waals surface area contributed by atoms with Crippen molar-refractivity contribution in [1.29, 1.82) is 0 Å². The quantitative estimate of drug-likeness (QED) is 0.612. The Balaban J connectivity index is 1.83. The van der Waals surface area contributed by atoms with Crippen LogP contribution >= 0.6 is 0 Å². The van der Waals surface area contributed by atoms with E-state index in [1.165, 1.54) is 5.56 Å². The Kier molecular flexibility index (Phi) is 5.36. The molecular formula is C23H26N2O3. The highest BCUT2D eigenvalue weighted by Gasteiger charge is 2.49. The average Bonchev–Trinajstić information content (AvgIpc) is 2.88. The number of hydrogen-bond donors (Lipinski definition) is 1. The van der Waals surface area contributed by atoms with Gasteiger partial charge in [0.2, 0.25) is 0 Å². The summed E-state index contributed by atoms with van der Waals surface area (Å²) in [5.41, 5.74) is 3.07. The number of carbonyl (C=O) groups is 3. The van der Waals surface area contributed by atoms with E-state index in [1.54, 1.807) is 13.0 Å². The monoisotopic (exact) mass is 378 g/mol. The van der Waals surface area contributed by atoms with Gasteiger partial charge in [0.1, 0.15) is 5.54 Å². The molecule has 2 aromatic rings. The predicted octanol–water partition coefficient (Wildman–Crippen LogP) is 3.91. The van der Waals surface area contributed by atoms with Crippen LogP contribution in [0.15, 0.2) is 42.5 Å². The number of nitrogens with zero attached hydrogens (tertiary/aromatic N) is 1. The molecule has 1 aliphatic heterocycles. The molecule has 146 valence electrons. The second-order valence-corrected chi connectivity index (χ2v) is 7.63. The summed E-state index contributed by atoms with van der Waals surface area (Å²) < 4.78 is 0. The van der Waals surface area contributed by atoms with Crippen LogP contribution < -0.4 is 5.32 Å². The van der Waals surface area contributed by atoms with Crippen LogP contribution in [0.5, 0.6) is 0 Å². The van der Waals surface area contributed by atoms with Gasteiger partial charge < -0.3 is 5.32 Å². The first-order valence-corrected chi connectivity index (χ1v) is 9.60. The molecule has 0 spiro atoms. The Morgan fingerprint density at radius 2 is 1.75 bits per heavy atom. The van der Waals surface area contributed by atoms with Gasteiger partial charge >= 0.3 is 6.03 Å². The maximum absolute atomic E-state index is 13.1. The normalized spacial score (nSPS) is 19.1. The Morgan fingerprint density at radius 1 is 1.07 bits per heavy atom. The Morgan fingerprint density at radius 3 is 2.39 bits per heavy atom. The van der Waals surface area contributed by atoms with E-state index < -0.39 is 17.5 Å². The average molecular weight is 378 g/mol. The summed E-state index contributed by atoms with van der Waals surface area (Å²) in [4.78, 5) is 39.3. The number of urea groups is 1. The first kappa shape index (κ1) is 19.8. The lowest BCUT2D eigenvalue weighted by Gasteiger charge is -2.22. The molecule has 3 amide bonds. The van der Waals surface area contributed by atoms with Crippen LogP contribution in [-0.2, 0) is 16.8 Å². The summed E-state index contributed by atoms with van der Waals surface area (Å²) in [7, 11) is 0. The highest BCUT2D eigenvalue weighted by atomic mass is 16.2. The van der Waals surface area contributed by atoms with Gasteiger partial charge in [-0.1, -0.05) is 55.3 Å². The number of ketones is 1. The molecule has 1 saturated heterocycles. The zero-order valence-electron chi connectivity index (χ0n) is 16.8. The second kappa shape index (κ2) is 7.58. The molecule has 0 aliphatic carbocycles. The fraction of sp³-hybridized carbons (Fsp3) is 0.348.